The van der Waals surface area contributed by atoms with E-state index in [0.717, 1.165) is 34.8 Å². The average molecular weight is 327 g/mol. The largest absolute Gasteiger partial charge is 0.419 e. The first-order chi connectivity index (χ1) is 11.1. The summed E-state index contributed by atoms with van der Waals surface area (Å²) in [7, 11) is 4.05. The monoisotopic (exact) mass is 327 g/mol. The van der Waals surface area contributed by atoms with Gasteiger partial charge >= 0.3 is 0 Å². The maximum Gasteiger partial charge on any atom is 0.266 e. The zero-order valence-corrected chi connectivity index (χ0v) is 14.1. The lowest BCUT2D eigenvalue weighted by Gasteiger charge is -2.05. The van der Waals surface area contributed by atoms with Crippen LogP contribution < -0.4 is 0 Å². The molecule has 1 aromatic carbocycles. The molecule has 0 saturated heterocycles. The summed E-state index contributed by atoms with van der Waals surface area (Å²) in [4.78, 5) is 7.70. The lowest BCUT2D eigenvalue weighted by molar-refractivity contribution is 0.386. The molecular formula is C16H17N5OS. The van der Waals surface area contributed by atoms with Gasteiger partial charge in [0.25, 0.3) is 5.89 Å². The smallest absolute Gasteiger partial charge is 0.266 e. The lowest BCUT2D eigenvalue weighted by atomic mass is 10.3. The van der Waals surface area contributed by atoms with Gasteiger partial charge in [0.15, 0.2) is 4.96 Å². The van der Waals surface area contributed by atoms with E-state index in [-0.39, 0.29) is 0 Å². The SMILES string of the molecule is Cc1nc2sc3ccccc3n2c1-c1nnc(CCN(C)C)o1. The van der Waals surface area contributed by atoms with Crippen LogP contribution in [0.25, 0.3) is 26.8 Å². The molecule has 118 valence electrons. The van der Waals surface area contributed by atoms with Gasteiger partial charge in [-0.15, -0.1) is 10.2 Å². The summed E-state index contributed by atoms with van der Waals surface area (Å²) < 4.78 is 9.19. The fourth-order valence-corrected chi connectivity index (χ4v) is 3.71. The first-order valence-corrected chi connectivity index (χ1v) is 8.29. The van der Waals surface area contributed by atoms with Gasteiger partial charge in [0, 0.05) is 13.0 Å². The van der Waals surface area contributed by atoms with Crippen molar-refractivity contribution in [1.82, 2.24) is 24.5 Å². The molecule has 0 aliphatic heterocycles. The van der Waals surface area contributed by atoms with Crippen LogP contribution in [0.15, 0.2) is 28.7 Å². The van der Waals surface area contributed by atoms with E-state index in [4.69, 9.17) is 4.42 Å². The Morgan fingerprint density at radius 3 is 2.87 bits per heavy atom. The number of hydrogen-bond acceptors (Lipinski definition) is 6. The van der Waals surface area contributed by atoms with Crippen LogP contribution in [0.4, 0.5) is 0 Å². The summed E-state index contributed by atoms with van der Waals surface area (Å²) in [6.45, 7) is 2.86. The van der Waals surface area contributed by atoms with Crippen LogP contribution in [0, 0.1) is 6.92 Å². The molecule has 4 rings (SSSR count). The molecule has 4 aromatic rings. The molecule has 0 radical (unpaired) electrons. The van der Waals surface area contributed by atoms with Crippen molar-refractivity contribution in [1.29, 1.82) is 0 Å². The molecule has 0 unspecified atom stereocenters. The van der Waals surface area contributed by atoms with Gasteiger partial charge < -0.3 is 9.32 Å². The quantitative estimate of drug-likeness (QED) is 0.577. The highest BCUT2D eigenvalue weighted by molar-refractivity contribution is 7.23. The van der Waals surface area contributed by atoms with Crippen molar-refractivity contribution in [2.75, 3.05) is 20.6 Å². The van der Waals surface area contributed by atoms with Gasteiger partial charge in [0.1, 0.15) is 5.69 Å². The van der Waals surface area contributed by atoms with Crippen molar-refractivity contribution in [3.63, 3.8) is 0 Å². The molecule has 0 spiro atoms. The fraction of sp³-hybridized carbons (Fsp3) is 0.312. The van der Waals surface area contributed by atoms with E-state index in [1.54, 1.807) is 11.3 Å². The molecule has 0 aliphatic carbocycles. The number of imidazole rings is 1. The number of rotatable bonds is 4. The molecule has 0 fully saturated rings. The van der Waals surface area contributed by atoms with Crippen molar-refractivity contribution < 1.29 is 4.42 Å². The molecule has 23 heavy (non-hydrogen) atoms. The van der Waals surface area contributed by atoms with Crippen LogP contribution in [0.2, 0.25) is 0 Å². The minimum absolute atomic E-state index is 0.535. The molecule has 0 atom stereocenters. The number of thiazole rings is 1. The number of aromatic nitrogens is 4. The molecule has 0 saturated carbocycles. The second-order valence-corrected chi connectivity index (χ2v) is 6.80. The Morgan fingerprint density at radius 1 is 1.22 bits per heavy atom. The summed E-state index contributed by atoms with van der Waals surface area (Å²) in [6, 6.07) is 8.26. The van der Waals surface area contributed by atoms with Gasteiger partial charge in [-0.3, -0.25) is 4.40 Å². The maximum absolute atomic E-state index is 5.88. The van der Waals surface area contributed by atoms with E-state index < -0.39 is 0 Å². The maximum atomic E-state index is 5.88. The first-order valence-electron chi connectivity index (χ1n) is 7.47. The molecule has 6 nitrogen and oxygen atoms in total. The highest BCUT2D eigenvalue weighted by atomic mass is 32.1. The van der Waals surface area contributed by atoms with Gasteiger partial charge in [-0.25, -0.2) is 4.98 Å². The van der Waals surface area contributed by atoms with Gasteiger partial charge in [-0.05, 0) is 33.2 Å². The minimum atomic E-state index is 0.535. The normalized spacial score (nSPS) is 12.0. The van der Waals surface area contributed by atoms with E-state index in [9.17, 15) is 0 Å². The number of likely N-dealkylation sites (N-methyl/N-ethyl adjacent to an activating group) is 1. The number of fused-ring (bicyclic) bond motifs is 3. The lowest BCUT2D eigenvalue weighted by Crippen LogP contribution is -2.15. The van der Waals surface area contributed by atoms with Gasteiger partial charge in [-0.2, -0.15) is 0 Å². The third-order valence-corrected chi connectivity index (χ3v) is 4.79. The van der Waals surface area contributed by atoms with Crippen LogP contribution in [-0.4, -0.2) is 45.1 Å². The molecule has 3 aromatic heterocycles. The molecule has 0 amide bonds. The standard InChI is InChI=1S/C16H17N5OS/c1-10-14(15-19-18-13(22-15)8-9-20(2)3)21-11-6-4-5-7-12(11)23-16(21)17-10/h4-7H,8-9H2,1-3H3. The van der Waals surface area contributed by atoms with Crippen molar-refractivity contribution in [3.8, 4) is 11.6 Å². The van der Waals surface area contributed by atoms with Gasteiger partial charge in [0.2, 0.25) is 5.89 Å². The van der Waals surface area contributed by atoms with Crippen molar-refractivity contribution in [2.24, 2.45) is 0 Å². The summed E-state index contributed by atoms with van der Waals surface area (Å²) in [5.74, 6) is 1.19. The number of aryl methyl sites for hydroxylation is 1. The van der Waals surface area contributed by atoms with Gasteiger partial charge in [-0.1, -0.05) is 23.5 Å². The van der Waals surface area contributed by atoms with Crippen molar-refractivity contribution >= 4 is 26.5 Å². The van der Waals surface area contributed by atoms with E-state index in [2.05, 4.69) is 36.6 Å². The second kappa shape index (κ2) is 5.43. The van der Waals surface area contributed by atoms with E-state index in [1.807, 2.05) is 33.2 Å². The first kappa shape index (κ1) is 14.3. The predicted molar refractivity (Wildman–Crippen MR) is 90.9 cm³/mol. The summed E-state index contributed by atoms with van der Waals surface area (Å²) in [5.41, 5.74) is 2.92. The fourth-order valence-electron chi connectivity index (χ4n) is 2.64. The third-order valence-electron chi connectivity index (χ3n) is 3.77. The highest BCUT2D eigenvalue weighted by Crippen LogP contribution is 2.33. The Hall–Kier alpha value is -2.25. The second-order valence-electron chi connectivity index (χ2n) is 5.79. The van der Waals surface area contributed by atoms with E-state index in [0.29, 0.717) is 11.8 Å². The average Bonchev–Trinajstić information content (AvgIpc) is 3.18. The molecule has 7 heteroatoms. The summed E-state index contributed by atoms with van der Waals surface area (Å²) in [5, 5.41) is 8.42. The summed E-state index contributed by atoms with van der Waals surface area (Å²) in [6.07, 6.45) is 0.741. The van der Waals surface area contributed by atoms with E-state index >= 15 is 0 Å². The molecule has 0 N–H and O–H groups in total. The molecule has 0 aliphatic rings. The molecular weight excluding hydrogens is 310 g/mol. The Morgan fingerprint density at radius 2 is 2.04 bits per heavy atom. The third kappa shape index (κ3) is 2.42. The van der Waals surface area contributed by atoms with Crippen molar-refractivity contribution in [3.05, 3.63) is 35.9 Å². The Labute approximate surface area is 137 Å². The number of hydrogen-bond donors (Lipinski definition) is 0. The number of benzene rings is 1. The molecule has 0 bridgehead atoms. The Balaban J connectivity index is 1.83. The Bertz CT molecular complexity index is 981. The zero-order chi connectivity index (χ0) is 16.0. The summed E-state index contributed by atoms with van der Waals surface area (Å²) >= 11 is 1.67. The molecule has 3 heterocycles. The number of nitrogens with zero attached hydrogens (tertiary/aromatic N) is 5. The van der Waals surface area contributed by atoms with Crippen LogP contribution in [-0.2, 0) is 6.42 Å². The Kier molecular flexibility index (Phi) is 3.39. The van der Waals surface area contributed by atoms with E-state index in [1.165, 1.54) is 4.70 Å². The van der Waals surface area contributed by atoms with Crippen LogP contribution >= 0.6 is 11.3 Å². The van der Waals surface area contributed by atoms with Crippen LogP contribution in [0.5, 0.6) is 0 Å². The number of para-hydroxylation sites is 1. The van der Waals surface area contributed by atoms with Crippen LogP contribution in [0.1, 0.15) is 11.6 Å². The van der Waals surface area contributed by atoms with Crippen molar-refractivity contribution in [2.45, 2.75) is 13.3 Å². The highest BCUT2D eigenvalue weighted by Gasteiger charge is 2.20. The topological polar surface area (TPSA) is 59.5 Å². The van der Waals surface area contributed by atoms with Crippen LogP contribution in [0.3, 0.4) is 0 Å². The predicted octanol–water partition coefficient (Wildman–Crippen LogP) is 3.01. The zero-order valence-electron chi connectivity index (χ0n) is 13.3. The minimum Gasteiger partial charge on any atom is -0.419 e. The van der Waals surface area contributed by atoms with Gasteiger partial charge in [0.05, 0.1) is 15.9 Å².